The number of carbonyl (C=O) groups is 3. The van der Waals surface area contributed by atoms with Crippen LogP contribution in [0.3, 0.4) is 0 Å². The van der Waals surface area contributed by atoms with E-state index >= 15 is 0 Å². The van der Waals surface area contributed by atoms with Crippen LogP contribution in [0.2, 0.25) is 0 Å². The van der Waals surface area contributed by atoms with Crippen molar-refractivity contribution in [3.05, 3.63) is 53.6 Å². The Balaban J connectivity index is 1.81. The summed E-state index contributed by atoms with van der Waals surface area (Å²) >= 11 is 0. The highest BCUT2D eigenvalue weighted by molar-refractivity contribution is 5.98. The van der Waals surface area contributed by atoms with Crippen LogP contribution in [0, 0.1) is 0 Å². The predicted molar refractivity (Wildman–Crippen MR) is 119 cm³/mol. The van der Waals surface area contributed by atoms with Gasteiger partial charge in [-0.2, -0.15) is 0 Å². The van der Waals surface area contributed by atoms with E-state index in [-0.39, 0.29) is 12.1 Å². The van der Waals surface area contributed by atoms with Crippen LogP contribution in [0.1, 0.15) is 47.4 Å². The number of carbonyl (C=O) groups excluding carboxylic acids is 3. The van der Waals surface area contributed by atoms with Gasteiger partial charge in [-0.3, -0.25) is 25.2 Å². The first-order valence-corrected chi connectivity index (χ1v) is 10.4. The largest absolute Gasteiger partial charge is 0.494 e. The van der Waals surface area contributed by atoms with Crippen molar-refractivity contribution in [1.82, 2.24) is 16.2 Å². The molecule has 0 atom stereocenters. The number of methoxy groups -OCH3 is 1. The van der Waals surface area contributed by atoms with Crippen molar-refractivity contribution in [1.29, 1.82) is 0 Å². The summed E-state index contributed by atoms with van der Waals surface area (Å²) in [6, 6.07) is 11.3. The van der Waals surface area contributed by atoms with Gasteiger partial charge in [-0.1, -0.05) is 13.3 Å². The van der Waals surface area contributed by atoms with Gasteiger partial charge in [0.15, 0.2) is 11.5 Å². The fourth-order valence-electron chi connectivity index (χ4n) is 2.63. The van der Waals surface area contributed by atoms with Gasteiger partial charge in [0.1, 0.15) is 5.75 Å². The van der Waals surface area contributed by atoms with E-state index in [1.807, 2.05) is 6.92 Å². The van der Waals surface area contributed by atoms with Gasteiger partial charge in [0.05, 0.1) is 26.9 Å². The molecule has 2 aromatic carbocycles. The van der Waals surface area contributed by atoms with Crippen LogP contribution >= 0.6 is 0 Å². The second-order valence-electron chi connectivity index (χ2n) is 6.71. The second-order valence-corrected chi connectivity index (χ2v) is 6.71. The zero-order valence-corrected chi connectivity index (χ0v) is 18.5. The number of rotatable bonds is 11. The molecule has 0 saturated carbocycles. The molecule has 0 unspecified atom stereocenters. The van der Waals surface area contributed by atoms with Crippen LogP contribution in [-0.4, -0.2) is 44.6 Å². The van der Waals surface area contributed by atoms with Crippen LogP contribution in [-0.2, 0) is 4.79 Å². The molecular weight excluding hydrogens is 414 g/mol. The molecule has 2 aromatic rings. The molecule has 9 heteroatoms. The monoisotopic (exact) mass is 443 g/mol. The quantitative estimate of drug-likeness (QED) is 0.363. The summed E-state index contributed by atoms with van der Waals surface area (Å²) in [4.78, 5) is 36.4. The Morgan fingerprint density at radius 1 is 0.844 bits per heavy atom. The van der Waals surface area contributed by atoms with E-state index in [4.69, 9.17) is 14.2 Å². The van der Waals surface area contributed by atoms with E-state index in [2.05, 4.69) is 23.1 Å². The van der Waals surface area contributed by atoms with Crippen LogP contribution in [0.4, 0.5) is 0 Å². The smallest absolute Gasteiger partial charge is 0.269 e. The Bertz CT molecular complexity index is 914. The van der Waals surface area contributed by atoms with Gasteiger partial charge in [0.25, 0.3) is 17.7 Å². The van der Waals surface area contributed by atoms with Gasteiger partial charge in [-0.25, -0.2) is 0 Å². The Labute approximate surface area is 187 Å². The van der Waals surface area contributed by atoms with Gasteiger partial charge in [-0.05, 0) is 55.8 Å². The molecule has 0 bridgehead atoms. The SMILES string of the molecule is CCCCOc1ccc(C(=O)NNC(=O)CNC(=O)c2ccc(OCC)cc2)cc1OC. The van der Waals surface area contributed by atoms with Crippen LogP contribution in [0.15, 0.2) is 42.5 Å². The van der Waals surface area contributed by atoms with E-state index in [0.29, 0.717) is 36.0 Å². The summed E-state index contributed by atoms with van der Waals surface area (Å²) in [6.45, 7) is 4.71. The van der Waals surface area contributed by atoms with E-state index in [9.17, 15) is 14.4 Å². The number of hydrogen-bond donors (Lipinski definition) is 3. The minimum atomic E-state index is -0.580. The third-order valence-corrected chi connectivity index (χ3v) is 4.33. The van der Waals surface area contributed by atoms with Crippen molar-refractivity contribution < 1.29 is 28.6 Å². The highest BCUT2D eigenvalue weighted by atomic mass is 16.5. The molecule has 3 amide bonds. The lowest BCUT2D eigenvalue weighted by atomic mass is 10.2. The molecule has 32 heavy (non-hydrogen) atoms. The van der Waals surface area contributed by atoms with Crippen molar-refractivity contribution in [2.24, 2.45) is 0 Å². The third kappa shape index (κ3) is 7.50. The van der Waals surface area contributed by atoms with E-state index < -0.39 is 17.7 Å². The highest BCUT2D eigenvalue weighted by Gasteiger charge is 2.13. The molecule has 0 aliphatic heterocycles. The first-order valence-electron chi connectivity index (χ1n) is 10.4. The average molecular weight is 444 g/mol. The lowest BCUT2D eigenvalue weighted by Gasteiger charge is -2.12. The minimum absolute atomic E-state index is 0.281. The molecular formula is C23H29N3O6. The summed E-state index contributed by atoms with van der Waals surface area (Å²) in [5.74, 6) is 0.0829. The predicted octanol–water partition coefficient (Wildman–Crippen LogP) is 2.46. The molecule has 3 N–H and O–H groups in total. The Morgan fingerprint density at radius 3 is 2.22 bits per heavy atom. The standard InChI is InChI=1S/C23H29N3O6/c1-4-6-13-32-19-12-9-17(14-20(19)30-3)23(29)26-25-21(27)15-24-22(28)16-7-10-18(11-8-16)31-5-2/h7-12,14H,4-6,13,15H2,1-3H3,(H,24,28)(H,25,27)(H,26,29). The fourth-order valence-corrected chi connectivity index (χ4v) is 2.63. The molecule has 0 heterocycles. The molecule has 0 saturated heterocycles. The van der Waals surface area contributed by atoms with Crippen LogP contribution in [0.25, 0.3) is 0 Å². The molecule has 0 spiro atoms. The maximum Gasteiger partial charge on any atom is 0.269 e. The van der Waals surface area contributed by atoms with Crippen molar-refractivity contribution in [3.8, 4) is 17.2 Å². The maximum absolute atomic E-state index is 12.3. The molecule has 0 aromatic heterocycles. The molecule has 9 nitrogen and oxygen atoms in total. The zero-order valence-electron chi connectivity index (χ0n) is 18.5. The molecule has 172 valence electrons. The van der Waals surface area contributed by atoms with E-state index in [1.54, 1.807) is 36.4 Å². The average Bonchev–Trinajstić information content (AvgIpc) is 2.82. The normalized spacial score (nSPS) is 10.1. The number of hydrazine groups is 1. The van der Waals surface area contributed by atoms with Crippen LogP contribution in [0.5, 0.6) is 17.2 Å². The number of nitrogens with one attached hydrogen (secondary N) is 3. The second kappa shape index (κ2) is 12.8. The van der Waals surface area contributed by atoms with Crippen molar-refractivity contribution in [2.45, 2.75) is 26.7 Å². The molecule has 0 radical (unpaired) electrons. The van der Waals surface area contributed by atoms with Crippen molar-refractivity contribution in [3.63, 3.8) is 0 Å². The Kier molecular flexibility index (Phi) is 9.83. The Morgan fingerprint density at radius 2 is 1.56 bits per heavy atom. The molecule has 0 fully saturated rings. The lowest BCUT2D eigenvalue weighted by molar-refractivity contribution is -0.120. The number of unbranched alkanes of at least 4 members (excludes halogenated alkanes) is 1. The number of amides is 3. The minimum Gasteiger partial charge on any atom is -0.494 e. The maximum atomic E-state index is 12.3. The number of benzene rings is 2. The zero-order chi connectivity index (χ0) is 23.3. The summed E-state index contributed by atoms with van der Waals surface area (Å²) in [7, 11) is 1.48. The molecule has 0 aliphatic rings. The van der Waals surface area contributed by atoms with Gasteiger partial charge in [-0.15, -0.1) is 0 Å². The summed E-state index contributed by atoms with van der Waals surface area (Å²) in [5, 5.41) is 2.48. The number of hydrogen-bond acceptors (Lipinski definition) is 6. The van der Waals surface area contributed by atoms with Gasteiger partial charge in [0.2, 0.25) is 0 Å². The highest BCUT2D eigenvalue weighted by Crippen LogP contribution is 2.28. The summed E-state index contributed by atoms with van der Waals surface area (Å²) in [5.41, 5.74) is 5.24. The van der Waals surface area contributed by atoms with E-state index in [0.717, 1.165) is 12.8 Å². The van der Waals surface area contributed by atoms with Crippen molar-refractivity contribution >= 4 is 17.7 Å². The van der Waals surface area contributed by atoms with Crippen molar-refractivity contribution in [2.75, 3.05) is 26.9 Å². The Hall–Kier alpha value is -3.75. The first-order chi connectivity index (χ1) is 15.5. The summed E-state index contributed by atoms with van der Waals surface area (Å²) in [6.07, 6.45) is 1.91. The lowest BCUT2D eigenvalue weighted by Crippen LogP contribution is -2.46. The van der Waals surface area contributed by atoms with E-state index in [1.165, 1.54) is 13.2 Å². The van der Waals surface area contributed by atoms with Crippen LogP contribution < -0.4 is 30.4 Å². The topological polar surface area (TPSA) is 115 Å². The first kappa shape index (κ1) is 24.5. The van der Waals surface area contributed by atoms with Gasteiger partial charge in [0, 0.05) is 11.1 Å². The number of ether oxygens (including phenoxy) is 3. The van der Waals surface area contributed by atoms with Gasteiger partial charge < -0.3 is 19.5 Å². The summed E-state index contributed by atoms with van der Waals surface area (Å²) < 4.78 is 16.2. The molecule has 0 aliphatic carbocycles. The fraction of sp³-hybridized carbons (Fsp3) is 0.348. The third-order valence-electron chi connectivity index (χ3n) is 4.33. The molecule has 2 rings (SSSR count). The van der Waals surface area contributed by atoms with Gasteiger partial charge >= 0.3 is 0 Å².